The Bertz CT molecular complexity index is 599. The SMILES string of the molecule is COc1cncc(N(C)Cc2nccn2CC(F)(F)F)n1. The molecule has 0 saturated carbocycles. The lowest BCUT2D eigenvalue weighted by Crippen LogP contribution is -2.24. The second kappa shape index (κ2) is 5.98. The Morgan fingerprint density at radius 3 is 2.76 bits per heavy atom. The molecule has 0 spiro atoms. The predicted molar refractivity (Wildman–Crippen MR) is 69.0 cm³/mol. The normalized spacial score (nSPS) is 11.5. The summed E-state index contributed by atoms with van der Waals surface area (Å²) in [7, 11) is 3.15. The van der Waals surface area contributed by atoms with Crippen LogP contribution in [0.4, 0.5) is 19.0 Å². The van der Waals surface area contributed by atoms with E-state index >= 15 is 0 Å². The molecule has 2 rings (SSSR count). The summed E-state index contributed by atoms with van der Waals surface area (Å²) in [5, 5.41) is 0. The number of imidazole rings is 1. The van der Waals surface area contributed by atoms with Crippen LogP contribution in [0.15, 0.2) is 24.8 Å². The standard InChI is InChI=1S/C12H14F3N5O/c1-19(9-5-16-6-11(18-9)21-2)7-10-17-3-4-20(10)8-12(13,14)15/h3-6H,7-8H2,1-2H3. The fourth-order valence-electron chi connectivity index (χ4n) is 1.74. The zero-order valence-corrected chi connectivity index (χ0v) is 11.5. The summed E-state index contributed by atoms with van der Waals surface area (Å²) in [6, 6.07) is 0. The first-order valence-electron chi connectivity index (χ1n) is 6.03. The fraction of sp³-hybridized carbons (Fsp3) is 0.417. The number of halogens is 3. The van der Waals surface area contributed by atoms with Crippen LogP contribution in [0.5, 0.6) is 5.88 Å². The van der Waals surface area contributed by atoms with Gasteiger partial charge in [0.15, 0.2) is 5.82 Å². The molecule has 0 aliphatic rings. The van der Waals surface area contributed by atoms with Crippen LogP contribution >= 0.6 is 0 Å². The number of nitrogens with zero attached hydrogens (tertiary/aromatic N) is 5. The van der Waals surface area contributed by atoms with Gasteiger partial charge in [0.2, 0.25) is 5.88 Å². The van der Waals surface area contributed by atoms with Crippen LogP contribution < -0.4 is 9.64 Å². The van der Waals surface area contributed by atoms with Crippen molar-refractivity contribution in [2.75, 3.05) is 19.1 Å². The Morgan fingerprint density at radius 1 is 1.33 bits per heavy atom. The molecule has 2 heterocycles. The maximum Gasteiger partial charge on any atom is 0.406 e. The summed E-state index contributed by atoms with van der Waals surface area (Å²) in [6.45, 7) is -0.898. The molecule has 0 bridgehead atoms. The molecule has 0 radical (unpaired) electrons. The van der Waals surface area contributed by atoms with E-state index < -0.39 is 12.7 Å². The van der Waals surface area contributed by atoms with Crippen molar-refractivity contribution >= 4 is 5.82 Å². The molecule has 6 nitrogen and oxygen atoms in total. The van der Waals surface area contributed by atoms with Gasteiger partial charge in [0.25, 0.3) is 0 Å². The molecular formula is C12H14F3N5O. The topological polar surface area (TPSA) is 56.1 Å². The molecule has 2 aromatic rings. The van der Waals surface area contributed by atoms with Gasteiger partial charge in [-0.15, -0.1) is 0 Å². The van der Waals surface area contributed by atoms with Gasteiger partial charge in [-0.25, -0.2) is 4.98 Å². The number of anilines is 1. The van der Waals surface area contributed by atoms with E-state index in [0.29, 0.717) is 17.5 Å². The molecule has 0 aromatic carbocycles. The van der Waals surface area contributed by atoms with Crippen LogP contribution in [0.2, 0.25) is 0 Å². The van der Waals surface area contributed by atoms with E-state index in [1.54, 1.807) is 11.9 Å². The van der Waals surface area contributed by atoms with E-state index in [-0.39, 0.29) is 6.54 Å². The van der Waals surface area contributed by atoms with Crippen LogP contribution in [0.1, 0.15) is 5.82 Å². The first kappa shape index (κ1) is 15.1. The second-order valence-corrected chi connectivity index (χ2v) is 4.36. The van der Waals surface area contributed by atoms with Gasteiger partial charge < -0.3 is 14.2 Å². The molecule has 2 aromatic heterocycles. The number of aromatic nitrogens is 4. The van der Waals surface area contributed by atoms with Gasteiger partial charge in [-0.3, -0.25) is 4.98 Å². The van der Waals surface area contributed by atoms with Gasteiger partial charge in [-0.05, 0) is 0 Å². The van der Waals surface area contributed by atoms with E-state index in [0.717, 1.165) is 4.57 Å². The van der Waals surface area contributed by atoms with Crippen molar-refractivity contribution in [2.24, 2.45) is 0 Å². The molecule has 0 N–H and O–H groups in total. The van der Waals surface area contributed by atoms with E-state index in [2.05, 4.69) is 15.0 Å². The predicted octanol–water partition coefficient (Wildman–Crippen LogP) is 1.88. The van der Waals surface area contributed by atoms with Crippen molar-refractivity contribution in [2.45, 2.75) is 19.3 Å². The Kier molecular flexibility index (Phi) is 4.29. The Balaban J connectivity index is 2.12. The molecular weight excluding hydrogens is 287 g/mol. The number of ether oxygens (including phenoxy) is 1. The van der Waals surface area contributed by atoms with Gasteiger partial charge >= 0.3 is 6.18 Å². The highest BCUT2D eigenvalue weighted by Crippen LogP contribution is 2.19. The average Bonchev–Trinajstić information content (AvgIpc) is 2.84. The molecule has 21 heavy (non-hydrogen) atoms. The van der Waals surface area contributed by atoms with Crippen LogP contribution in [-0.4, -0.2) is 39.9 Å². The van der Waals surface area contributed by atoms with Gasteiger partial charge in [0.1, 0.15) is 12.4 Å². The summed E-state index contributed by atoms with van der Waals surface area (Å²) in [5.74, 6) is 1.10. The largest absolute Gasteiger partial charge is 0.480 e. The molecule has 0 amide bonds. The molecule has 0 unspecified atom stereocenters. The lowest BCUT2D eigenvalue weighted by Gasteiger charge is -2.19. The van der Waals surface area contributed by atoms with Crippen molar-refractivity contribution in [1.82, 2.24) is 19.5 Å². The quantitative estimate of drug-likeness (QED) is 0.844. The molecule has 0 fully saturated rings. The van der Waals surface area contributed by atoms with Crippen LogP contribution in [0, 0.1) is 0 Å². The Hall–Kier alpha value is -2.32. The zero-order chi connectivity index (χ0) is 15.5. The van der Waals surface area contributed by atoms with Crippen molar-refractivity contribution in [3.05, 3.63) is 30.6 Å². The number of hydrogen-bond acceptors (Lipinski definition) is 5. The molecule has 0 aliphatic carbocycles. The van der Waals surface area contributed by atoms with Gasteiger partial charge in [0.05, 0.1) is 26.0 Å². The maximum absolute atomic E-state index is 12.5. The highest BCUT2D eigenvalue weighted by molar-refractivity contribution is 5.36. The van der Waals surface area contributed by atoms with Gasteiger partial charge in [-0.1, -0.05) is 0 Å². The van der Waals surface area contributed by atoms with Crippen molar-refractivity contribution < 1.29 is 17.9 Å². The van der Waals surface area contributed by atoms with Crippen LogP contribution in [-0.2, 0) is 13.1 Å². The van der Waals surface area contributed by atoms with Crippen molar-refractivity contribution in [3.63, 3.8) is 0 Å². The van der Waals surface area contributed by atoms with Gasteiger partial charge in [0, 0.05) is 19.4 Å². The summed E-state index contributed by atoms with van der Waals surface area (Å²) < 4.78 is 43.4. The minimum absolute atomic E-state index is 0.172. The lowest BCUT2D eigenvalue weighted by atomic mass is 10.4. The fourth-order valence-corrected chi connectivity index (χ4v) is 1.74. The second-order valence-electron chi connectivity index (χ2n) is 4.36. The Labute approximate surface area is 119 Å². The molecule has 114 valence electrons. The van der Waals surface area contributed by atoms with Crippen molar-refractivity contribution in [1.29, 1.82) is 0 Å². The van der Waals surface area contributed by atoms with Gasteiger partial charge in [-0.2, -0.15) is 18.2 Å². The molecule has 0 atom stereocenters. The molecule has 0 aliphatic heterocycles. The van der Waals surface area contributed by atoms with E-state index in [9.17, 15) is 13.2 Å². The van der Waals surface area contributed by atoms with E-state index in [1.165, 1.54) is 31.9 Å². The monoisotopic (exact) mass is 301 g/mol. The first-order valence-corrected chi connectivity index (χ1v) is 6.03. The minimum Gasteiger partial charge on any atom is -0.480 e. The molecule has 0 saturated heterocycles. The van der Waals surface area contributed by atoms with Crippen molar-refractivity contribution in [3.8, 4) is 5.88 Å². The van der Waals surface area contributed by atoms with Crippen LogP contribution in [0.25, 0.3) is 0 Å². The third-order valence-electron chi connectivity index (χ3n) is 2.73. The average molecular weight is 301 g/mol. The molecule has 9 heteroatoms. The Morgan fingerprint density at radius 2 is 2.10 bits per heavy atom. The summed E-state index contributed by atoms with van der Waals surface area (Å²) in [4.78, 5) is 13.7. The zero-order valence-electron chi connectivity index (χ0n) is 11.5. The van der Waals surface area contributed by atoms with Crippen LogP contribution in [0.3, 0.4) is 0 Å². The highest BCUT2D eigenvalue weighted by Gasteiger charge is 2.29. The summed E-state index contributed by atoms with van der Waals surface area (Å²) in [6.07, 6.45) is 1.30. The van der Waals surface area contributed by atoms with E-state index in [1.807, 2.05) is 0 Å². The third-order valence-corrected chi connectivity index (χ3v) is 2.73. The number of rotatable bonds is 5. The minimum atomic E-state index is -4.29. The summed E-state index contributed by atoms with van der Waals surface area (Å²) >= 11 is 0. The third kappa shape index (κ3) is 4.07. The van der Waals surface area contributed by atoms with E-state index in [4.69, 9.17) is 4.74 Å². The lowest BCUT2D eigenvalue weighted by molar-refractivity contribution is -0.141. The first-order chi connectivity index (χ1) is 9.89. The number of hydrogen-bond donors (Lipinski definition) is 0. The maximum atomic E-state index is 12.5. The number of alkyl halides is 3. The number of methoxy groups -OCH3 is 1. The highest BCUT2D eigenvalue weighted by atomic mass is 19.4. The smallest absolute Gasteiger partial charge is 0.406 e. The summed E-state index contributed by atoms with van der Waals surface area (Å²) in [5.41, 5.74) is 0.